The summed E-state index contributed by atoms with van der Waals surface area (Å²) in [4.78, 5) is 27.3. The Kier molecular flexibility index (Phi) is 5.40. The lowest BCUT2D eigenvalue weighted by atomic mass is 9.94. The Bertz CT molecular complexity index is 1270. The number of Topliss-reactive ketones (excluding diaryl/α,β-unsaturated/α-hetero) is 1. The Morgan fingerprint density at radius 1 is 1.03 bits per heavy atom. The van der Waals surface area contributed by atoms with Crippen LogP contribution in [0.1, 0.15) is 22.7 Å². The molecular formula is C25H20FNO5. The topological polar surface area (TPSA) is 87.1 Å². The van der Waals surface area contributed by atoms with Crippen molar-refractivity contribution in [3.05, 3.63) is 94.8 Å². The Balaban J connectivity index is 1.99. The average molecular weight is 433 g/mol. The number of anilines is 1. The van der Waals surface area contributed by atoms with E-state index in [9.17, 15) is 24.2 Å². The predicted octanol–water partition coefficient (Wildman–Crippen LogP) is 4.47. The lowest BCUT2D eigenvalue weighted by Crippen LogP contribution is -2.29. The third-order valence-corrected chi connectivity index (χ3v) is 5.43. The van der Waals surface area contributed by atoms with Crippen LogP contribution in [-0.2, 0) is 9.59 Å². The molecule has 3 aromatic rings. The van der Waals surface area contributed by atoms with Crippen LogP contribution in [0.25, 0.3) is 5.76 Å². The molecule has 7 heteroatoms. The molecule has 6 nitrogen and oxygen atoms in total. The van der Waals surface area contributed by atoms with Crippen molar-refractivity contribution in [2.24, 2.45) is 0 Å². The van der Waals surface area contributed by atoms with Gasteiger partial charge in [0.25, 0.3) is 11.7 Å². The van der Waals surface area contributed by atoms with Gasteiger partial charge in [0.1, 0.15) is 23.1 Å². The fourth-order valence-corrected chi connectivity index (χ4v) is 3.82. The molecule has 4 rings (SSSR count). The number of ether oxygens (including phenoxy) is 1. The van der Waals surface area contributed by atoms with E-state index in [-0.39, 0.29) is 28.1 Å². The maximum atomic E-state index is 13.8. The molecule has 0 spiro atoms. The van der Waals surface area contributed by atoms with Gasteiger partial charge >= 0.3 is 0 Å². The van der Waals surface area contributed by atoms with Crippen LogP contribution >= 0.6 is 0 Å². The molecule has 162 valence electrons. The third kappa shape index (κ3) is 3.47. The van der Waals surface area contributed by atoms with Crippen LogP contribution in [-0.4, -0.2) is 29.0 Å². The second-order valence-electron chi connectivity index (χ2n) is 7.40. The minimum atomic E-state index is -1.04. The van der Waals surface area contributed by atoms with Crippen molar-refractivity contribution in [1.82, 2.24) is 0 Å². The van der Waals surface area contributed by atoms with Crippen LogP contribution in [0.5, 0.6) is 11.5 Å². The molecule has 3 aromatic carbocycles. The first-order valence-electron chi connectivity index (χ1n) is 9.83. The SMILES string of the molecule is COc1cccc(C2/C(=C(/O)c3ccc(F)c(C)c3)C(=O)C(=O)N2c2ccccc2O)c1. The summed E-state index contributed by atoms with van der Waals surface area (Å²) in [6.45, 7) is 1.53. The molecule has 0 aliphatic carbocycles. The largest absolute Gasteiger partial charge is 0.507 e. The van der Waals surface area contributed by atoms with Gasteiger partial charge in [0.15, 0.2) is 0 Å². The quantitative estimate of drug-likeness (QED) is 0.360. The number of aromatic hydroxyl groups is 1. The van der Waals surface area contributed by atoms with Crippen LogP contribution < -0.4 is 9.64 Å². The van der Waals surface area contributed by atoms with Crippen LogP contribution in [0.4, 0.5) is 10.1 Å². The smallest absolute Gasteiger partial charge is 0.300 e. The third-order valence-electron chi connectivity index (χ3n) is 5.43. The number of nitrogens with zero attached hydrogens (tertiary/aromatic N) is 1. The van der Waals surface area contributed by atoms with Crippen LogP contribution in [0.2, 0.25) is 0 Å². The lowest BCUT2D eigenvalue weighted by molar-refractivity contribution is -0.132. The lowest BCUT2D eigenvalue weighted by Gasteiger charge is -2.26. The first kappa shape index (κ1) is 21.1. The first-order valence-corrected chi connectivity index (χ1v) is 9.83. The number of benzene rings is 3. The highest BCUT2D eigenvalue weighted by Gasteiger charge is 2.47. The molecule has 1 fully saturated rings. The fourth-order valence-electron chi connectivity index (χ4n) is 3.82. The number of carbonyl (C=O) groups excluding carboxylic acids is 2. The van der Waals surface area contributed by atoms with E-state index in [4.69, 9.17) is 4.74 Å². The summed E-state index contributed by atoms with van der Waals surface area (Å²) in [5.41, 5.74) is 0.926. The van der Waals surface area contributed by atoms with Gasteiger partial charge in [0, 0.05) is 5.56 Å². The van der Waals surface area contributed by atoms with Gasteiger partial charge in [0.05, 0.1) is 24.4 Å². The van der Waals surface area contributed by atoms with Crippen molar-refractivity contribution in [1.29, 1.82) is 0 Å². The van der Waals surface area contributed by atoms with E-state index in [0.717, 1.165) is 4.90 Å². The molecule has 1 aliphatic rings. The average Bonchev–Trinajstić information content (AvgIpc) is 3.06. The number of aliphatic hydroxyl groups is 1. The van der Waals surface area contributed by atoms with Crippen LogP contribution in [0.15, 0.2) is 72.3 Å². The molecular weight excluding hydrogens is 413 g/mol. The summed E-state index contributed by atoms with van der Waals surface area (Å²) >= 11 is 0. The molecule has 1 unspecified atom stereocenters. The van der Waals surface area contributed by atoms with Crippen molar-refractivity contribution in [2.45, 2.75) is 13.0 Å². The molecule has 0 bridgehead atoms. The van der Waals surface area contributed by atoms with Gasteiger partial charge in [-0.15, -0.1) is 0 Å². The standard InChI is InChI=1S/C25H20FNO5/c1-14-12-16(10-11-18(14)26)23(29)21-22(15-6-5-7-17(13-15)32-2)27(25(31)24(21)30)19-8-3-4-9-20(19)28/h3-13,22,28-29H,1-2H3/b23-21-. The number of para-hydroxylation sites is 2. The number of hydrogen-bond acceptors (Lipinski definition) is 5. The number of halogens is 1. The highest BCUT2D eigenvalue weighted by molar-refractivity contribution is 6.51. The zero-order chi connectivity index (χ0) is 23.0. The molecule has 1 saturated heterocycles. The summed E-state index contributed by atoms with van der Waals surface area (Å²) in [5.74, 6) is -2.42. The molecule has 0 aromatic heterocycles. The van der Waals surface area contributed by atoms with Crippen molar-refractivity contribution < 1.29 is 28.9 Å². The second kappa shape index (κ2) is 8.19. The van der Waals surface area contributed by atoms with Crippen LogP contribution in [0, 0.1) is 12.7 Å². The molecule has 0 saturated carbocycles. The molecule has 1 aliphatic heterocycles. The highest BCUT2D eigenvalue weighted by Crippen LogP contribution is 2.45. The minimum absolute atomic E-state index is 0.122. The molecule has 1 amide bonds. The zero-order valence-corrected chi connectivity index (χ0v) is 17.4. The second-order valence-corrected chi connectivity index (χ2v) is 7.40. The Labute approximate surface area is 183 Å². The maximum Gasteiger partial charge on any atom is 0.300 e. The van der Waals surface area contributed by atoms with E-state index in [1.807, 2.05) is 0 Å². The number of methoxy groups -OCH3 is 1. The number of aryl methyl sites for hydroxylation is 1. The van der Waals surface area contributed by atoms with Crippen molar-refractivity contribution in [2.75, 3.05) is 12.0 Å². The van der Waals surface area contributed by atoms with E-state index in [2.05, 4.69) is 0 Å². The first-order chi connectivity index (χ1) is 15.3. The molecule has 2 N–H and O–H groups in total. The summed E-state index contributed by atoms with van der Waals surface area (Å²) in [5, 5.41) is 21.5. The summed E-state index contributed by atoms with van der Waals surface area (Å²) in [6.07, 6.45) is 0. The van der Waals surface area contributed by atoms with Gasteiger partial charge in [-0.2, -0.15) is 0 Å². The number of phenolic OH excluding ortho intramolecular Hbond substituents is 1. The normalized spacial score (nSPS) is 17.6. The fraction of sp³-hybridized carbons (Fsp3) is 0.120. The van der Waals surface area contributed by atoms with E-state index in [1.54, 1.807) is 36.4 Å². The summed E-state index contributed by atoms with van der Waals surface area (Å²) < 4.78 is 19.0. The van der Waals surface area contributed by atoms with E-state index >= 15 is 0 Å². The Hall–Kier alpha value is -4.13. The van der Waals surface area contributed by atoms with Gasteiger partial charge in [-0.3, -0.25) is 14.5 Å². The number of hydrogen-bond donors (Lipinski definition) is 2. The number of amides is 1. The molecule has 1 heterocycles. The Morgan fingerprint density at radius 2 is 1.78 bits per heavy atom. The van der Waals surface area contributed by atoms with Crippen molar-refractivity contribution in [3.8, 4) is 11.5 Å². The van der Waals surface area contributed by atoms with Crippen LogP contribution in [0.3, 0.4) is 0 Å². The number of ketones is 1. The van der Waals surface area contributed by atoms with E-state index < -0.39 is 29.3 Å². The highest BCUT2D eigenvalue weighted by atomic mass is 19.1. The predicted molar refractivity (Wildman–Crippen MR) is 117 cm³/mol. The summed E-state index contributed by atoms with van der Waals surface area (Å²) in [7, 11) is 1.49. The number of rotatable bonds is 4. The number of aliphatic hydroxyl groups excluding tert-OH is 1. The molecule has 32 heavy (non-hydrogen) atoms. The van der Waals surface area contributed by atoms with Gasteiger partial charge in [-0.25, -0.2) is 4.39 Å². The van der Waals surface area contributed by atoms with Crippen molar-refractivity contribution >= 4 is 23.1 Å². The number of phenols is 1. The van der Waals surface area contributed by atoms with Gasteiger partial charge in [-0.1, -0.05) is 24.3 Å². The maximum absolute atomic E-state index is 13.8. The minimum Gasteiger partial charge on any atom is -0.507 e. The van der Waals surface area contributed by atoms with E-state index in [0.29, 0.717) is 11.3 Å². The van der Waals surface area contributed by atoms with Gasteiger partial charge in [-0.05, 0) is 60.5 Å². The van der Waals surface area contributed by atoms with Gasteiger partial charge in [0.2, 0.25) is 0 Å². The van der Waals surface area contributed by atoms with Gasteiger partial charge < -0.3 is 14.9 Å². The molecule has 1 atom stereocenters. The Morgan fingerprint density at radius 3 is 2.47 bits per heavy atom. The van der Waals surface area contributed by atoms with Crippen molar-refractivity contribution in [3.63, 3.8) is 0 Å². The number of carbonyl (C=O) groups is 2. The summed E-state index contributed by atoms with van der Waals surface area (Å²) in [6, 6.07) is 15.8. The monoisotopic (exact) mass is 433 g/mol. The zero-order valence-electron chi connectivity index (χ0n) is 17.4. The van der Waals surface area contributed by atoms with E-state index in [1.165, 1.54) is 44.4 Å². The molecule has 0 radical (unpaired) electrons.